The summed E-state index contributed by atoms with van der Waals surface area (Å²) in [5.41, 5.74) is 0.788. The van der Waals surface area contributed by atoms with Crippen molar-refractivity contribution in [3.8, 4) is 0 Å². The van der Waals surface area contributed by atoms with E-state index < -0.39 is 8.32 Å². The molecule has 0 aromatic carbocycles. The Kier molecular flexibility index (Phi) is 6.02. The molecule has 32 heavy (non-hydrogen) atoms. The fourth-order valence-corrected chi connectivity index (χ4v) is 4.41. The number of rotatable bonds is 9. The zero-order chi connectivity index (χ0) is 23.1. The molecule has 3 aromatic rings. The summed E-state index contributed by atoms with van der Waals surface area (Å²) >= 11 is 0. The minimum Gasteiger partial charge on any atom is -0.415 e. The molecule has 0 bridgehead atoms. The fourth-order valence-electron chi connectivity index (χ4n) is 3.32. The van der Waals surface area contributed by atoms with Crippen LogP contribution in [0.5, 0.6) is 0 Å². The number of hydrogen-bond donors (Lipinski definition) is 3. The SMILES string of the molecule is C[C@H](Nc1nc(Nc2cn([C@H](C)CO[Si](C)(C)C(C)(C)C)nn2)nc2[nH]ccc12)C1CC1. The second kappa shape index (κ2) is 8.47. The second-order valence-corrected chi connectivity index (χ2v) is 15.3. The number of fused-ring (bicyclic) bond motifs is 1. The first-order chi connectivity index (χ1) is 15.0. The molecule has 3 aromatic heterocycles. The van der Waals surface area contributed by atoms with Gasteiger partial charge in [-0.25, -0.2) is 4.68 Å². The zero-order valence-electron chi connectivity index (χ0n) is 20.2. The summed E-state index contributed by atoms with van der Waals surface area (Å²) in [4.78, 5) is 12.5. The Morgan fingerprint density at radius 1 is 1.25 bits per heavy atom. The van der Waals surface area contributed by atoms with Gasteiger partial charge in [0.05, 0.1) is 24.2 Å². The Labute approximate surface area is 190 Å². The number of nitrogens with one attached hydrogen (secondary N) is 3. The largest absolute Gasteiger partial charge is 0.415 e. The molecule has 0 spiro atoms. The smallest absolute Gasteiger partial charge is 0.232 e. The van der Waals surface area contributed by atoms with Gasteiger partial charge >= 0.3 is 0 Å². The molecule has 4 rings (SSSR count). The summed E-state index contributed by atoms with van der Waals surface area (Å²) in [5, 5.41) is 16.5. The topological polar surface area (TPSA) is 106 Å². The molecule has 174 valence electrons. The van der Waals surface area contributed by atoms with Crippen LogP contribution in [0.2, 0.25) is 18.1 Å². The summed E-state index contributed by atoms with van der Waals surface area (Å²) in [6.45, 7) is 16.2. The third-order valence-electron chi connectivity index (χ3n) is 6.80. The molecule has 3 N–H and O–H groups in total. The molecule has 0 unspecified atom stereocenters. The number of anilines is 3. The normalized spacial score (nSPS) is 16.8. The molecule has 1 saturated carbocycles. The molecule has 0 saturated heterocycles. The van der Waals surface area contributed by atoms with Gasteiger partial charge in [-0.1, -0.05) is 26.0 Å². The lowest BCUT2D eigenvalue weighted by Crippen LogP contribution is -2.42. The molecule has 1 aliphatic carbocycles. The van der Waals surface area contributed by atoms with Crippen LogP contribution in [0.4, 0.5) is 17.6 Å². The van der Waals surface area contributed by atoms with Crippen LogP contribution in [-0.4, -0.2) is 50.9 Å². The number of aromatic amines is 1. The van der Waals surface area contributed by atoms with Gasteiger partial charge in [-0.15, -0.1) is 5.10 Å². The van der Waals surface area contributed by atoms with E-state index in [1.54, 1.807) is 0 Å². The maximum Gasteiger partial charge on any atom is 0.232 e. The Hall–Kier alpha value is -2.46. The van der Waals surface area contributed by atoms with Crippen LogP contribution >= 0.6 is 0 Å². The van der Waals surface area contributed by atoms with Gasteiger partial charge in [0.15, 0.2) is 14.1 Å². The highest BCUT2D eigenvalue weighted by Gasteiger charge is 2.37. The Balaban J connectivity index is 1.45. The minimum absolute atomic E-state index is 0.0793. The molecule has 0 aliphatic heterocycles. The van der Waals surface area contributed by atoms with Crippen LogP contribution in [0.1, 0.15) is 53.5 Å². The van der Waals surface area contributed by atoms with Crippen LogP contribution in [0.15, 0.2) is 18.5 Å². The monoisotopic (exact) mass is 456 g/mol. The van der Waals surface area contributed by atoms with E-state index in [0.29, 0.717) is 24.4 Å². The van der Waals surface area contributed by atoms with Crippen LogP contribution < -0.4 is 10.6 Å². The molecule has 1 fully saturated rings. The van der Waals surface area contributed by atoms with E-state index >= 15 is 0 Å². The summed E-state index contributed by atoms with van der Waals surface area (Å²) in [6.07, 6.45) is 6.32. The number of aromatic nitrogens is 6. The highest BCUT2D eigenvalue weighted by molar-refractivity contribution is 6.74. The third kappa shape index (κ3) is 4.96. The van der Waals surface area contributed by atoms with Crippen molar-refractivity contribution in [2.24, 2.45) is 5.92 Å². The average Bonchev–Trinajstić information content (AvgIpc) is 3.28. The van der Waals surface area contributed by atoms with Gasteiger partial charge in [0.1, 0.15) is 11.5 Å². The maximum atomic E-state index is 6.35. The van der Waals surface area contributed by atoms with Crippen molar-refractivity contribution in [3.63, 3.8) is 0 Å². The van der Waals surface area contributed by atoms with Crippen molar-refractivity contribution in [2.45, 2.75) is 77.7 Å². The van der Waals surface area contributed by atoms with Crippen molar-refractivity contribution in [2.75, 3.05) is 17.2 Å². The van der Waals surface area contributed by atoms with Crippen molar-refractivity contribution in [1.82, 2.24) is 29.9 Å². The molecule has 1 aliphatic rings. The molecule has 9 nitrogen and oxygen atoms in total. The quantitative estimate of drug-likeness (QED) is 0.385. The lowest BCUT2D eigenvalue weighted by atomic mass is 10.2. The Morgan fingerprint density at radius 2 is 2.00 bits per heavy atom. The van der Waals surface area contributed by atoms with Gasteiger partial charge in [-0.05, 0) is 56.8 Å². The number of hydrogen-bond acceptors (Lipinski definition) is 7. The van der Waals surface area contributed by atoms with Gasteiger partial charge in [0.2, 0.25) is 5.95 Å². The van der Waals surface area contributed by atoms with Gasteiger partial charge in [0.25, 0.3) is 0 Å². The fraction of sp³-hybridized carbons (Fsp3) is 0.636. The number of nitrogens with zero attached hydrogens (tertiary/aromatic N) is 5. The summed E-state index contributed by atoms with van der Waals surface area (Å²) in [5.74, 6) is 2.66. The first kappa shape index (κ1) is 22.7. The van der Waals surface area contributed by atoms with E-state index in [4.69, 9.17) is 9.41 Å². The third-order valence-corrected chi connectivity index (χ3v) is 11.3. The van der Waals surface area contributed by atoms with Crippen LogP contribution in [-0.2, 0) is 4.43 Å². The van der Waals surface area contributed by atoms with Crippen LogP contribution in [0.25, 0.3) is 11.0 Å². The summed E-state index contributed by atoms with van der Waals surface area (Å²) in [6, 6.07) is 2.47. The average molecular weight is 457 g/mol. The molecular formula is C22H36N8OSi. The van der Waals surface area contributed by atoms with E-state index in [-0.39, 0.29) is 11.1 Å². The highest BCUT2D eigenvalue weighted by atomic mass is 28.4. The molecule has 0 amide bonds. The minimum atomic E-state index is -1.81. The predicted octanol–water partition coefficient (Wildman–Crippen LogP) is 5.09. The van der Waals surface area contributed by atoms with Crippen LogP contribution in [0.3, 0.4) is 0 Å². The van der Waals surface area contributed by atoms with Gasteiger partial charge in [0, 0.05) is 12.2 Å². The molecular weight excluding hydrogens is 420 g/mol. The lowest BCUT2D eigenvalue weighted by molar-refractivity contribution is 0.228. The van der Waals surface area contributed by atoms with Crippen molar-refractivity contribution in [1.29, 1.82) is 0 Å². The zero-order valence-corrected chi connectivity index (χ0v) is 21.2. The van der Waals surface area contributed by atoms with Crippen molar-refractivity contribution in [3.05, 3.63) is 18.5 Å². The number of H-pyrrole nitrogens is 1. The predicted molar refractivity (Wildman–Crippen MR) is 131 cm³/mol. The summed E-state index contributed by atoms with van der Waals surface area (Å²) < 4.78 is 8.18. The first-order valence-corrected chi connectivity index (χ1v) is 14.4. The van der Waals surface area contributed by atoms with Gasteiger partial charge < -0.3 is 20.0 Å². The standard InChI is InChI=1S/C22H36N8OSi/c1-14(13-31-32(6,7)22(3,4)5)30-12-18(28-29-30)25-21-26-19-17(10-11-23-19)20(27-21)24-15(2)16-8-9-16/h10-12,14-16H,8-9,13H2,1-7H3,(H3,23,24,25,26,27)/t14-,15+/m1/s1. The highest BCUT2D eigenvalue weighted by Crippen LogP contribution is 2.37. The van der Waals surface area contributed by atoms with Crippen molar-refractivity contribution >= 4 is 36.9 Å². The van der Waals surface area contributed by atoms with E-state index in [2.05, 4.69) is 78.6 Å². The molecule has 3 heterocycles. The molecule has 10 heteroatoms. The van der Waals surface area contributed by atoms with Crippen LogP contribution in [0, 0.1) is 5.92 Å². The van der Waals surface area contributed by atoms with Gasteiger partial charge in [-0.3, -0.25) is 0 Å². The molecule has 0 radical (unpaired) electrons. The van der Waals surface area contributed by atoms with E-state index in [1.165, 1.54) is 12.8 Å². The van der Waals surface area contributed by atoms with Gasteiger partial charge in [-0.2, -0.15) is 9.97 Å². The van der Waals surface area contributed by atoms with E-state index in [9.17, 15) is 0 Å². The maximum absolute atomic E-state index is 6.35. The van der Waals surface area contributed by atoms with Crippen molar-refractivity contribution < 1.29 is 4.43 Å². The van der Waals surface area contributed by atoms with E-state index in [1.807, 2.05) is 23.1 Å². The lowest BCUT2D eigenvalue weighted by Gasteiger charge is -2.36. The van der Waals surface area contributed by atoms with E-state index in [0.717, 1.165) is 22.8 Å². The Morgan fingerprint density at radius 3 is 2.69 bits per heavy atom. The second-order valence-electron chi connectivity index (χ2n) is 10.5. The Bertz CT molecular complexity index is 1070. The summed E-state index contributed by atoms with van der Waals surface area (Å²) in [7, 11) is -1.81. The molecule has 2 atom stereocenters. The first-order valence-electron chi connectivity index (χ1n) is 11.5.